The molecule has 3 heteroatoms. The summed E-state index contributed by atoms with van der Waals surface area (Å²) in [5.74, 6) is 0.738. The van der Waals surface area contributed by atoms with E-state index in [-0.39, 0.29) is 0 Å². The first-order chi connectivity index (χ1) is 6.24. The number of nitrogens with one attached hydrogen (secondary N) is 1. The fourth-order valence-electron chi connectivity index (χ4n) is 2.07. The van der Waals surface area contributed by atoms with Crippen molar-refractivity contribution in [1.82, 2.24) is 10.2 Å². The molecule has 0 radical (unpaired) electrons. The molecule has 78 valence electrons. The molecule has 0 aliphatic carbocycles. The Morgan fingerprint density at radius 3 is 2.92 bits per heavy atom. The number of nitrogens with zero attached hydrogens (tertiary/aromatic N) is 1. The van der Waals surface area contributed by atoms with Gasteiger partial charge in [-0.25, -0.2) is 0 Å². The lowest BCUT2D eigenvalue weighted by Crippen LogP contribution is -2.32. The van der Waals surface area contributed by atoms with Gasteiger partial charge in [-0.1, -0.05) is 0 Å². The van der Waals surface area contributed by atoms with Crippen LogP contribution in [0.25, 0.3) is 0 Å². The van der Waals surface area contributed by atoms with E-state index in [2.05, 4.69) is 17.3 Å². The molecule has 0 aromatic heterocycles. The van der Waals surface area contributed by atoms with Crippen LogP contribution in [-0.2, 0) is 0 Å². The number of likely N-dealkylation sites (tertiary alicyclic amines) is 1. The lowest BCUT2D eigenvalue weighted by molar-refractivity contribution is 0.357. The van der Waals surface area contributed by atoms with Gasteiger partial charge in [0.05, 0.1) is 0 Å². The first kappa shape index (κ1) is 11.0. The molecule has 3 nitrogen and oxygen atoms in total. The predicted molar refractivity (Wildman–Crippen MR) is 56.7 cm³/mol. The Morgan fingerprint density at radius 2 is 2.38 bits per heavy atom. The van der Waals surface area contributed by atoms with Crippen molar-refractivity contribution in [2.24, 2.45) is 11.7 Å². The topological polar surface area (TPSA) is 41.3 Å². The van der Waals surface area contributed by atoms with Crippen LogP contribution in [0, 0.1) is 5.92 Å². The summed E-state index contributed by atoms with van der Waals surface area (Å²) in [5, 5.41) is 3.16. The van der Waals surface area contributed by atoms with Gasteiger partial charge in [0.1, 0.15) is 0 Å². The van der Waals surface area contributed by atoms with Crippen LogP contribution in [0.15, 0.2) is 0 Å². The Bertz CT molecular complexity index is 138. The van der Waals surface area contributed by atoms with Crippen molar-refractivity contribution < 1.29 is 0 Å². The van der Waals surface area contributed by atoms with Gasteiger partial charge in [0.2, 0.25) is 0 Å². The molecule has 0 aromatic rings. The highest BCUT2D eigenvalue weighted by molar-refractivity contribution is 4.81. The molecule has 1 aliphatic rings. The molecule has 0 bridgehead atoms. The Kier molecular flexibility index (Phi) is 4.70. The van der Waals surface area contributed by atoms with Crippen molar-refractivity contribution in [1.29, 1.82) is 0 Å². The molecule has 13 heavy (non-hydrogen) atoms. The quantitative estimate of drug-likeness (QED) is 0.604. The Morgan fingerprint density at radius 1 is 1.62 bits per heavy atom. The largest absolute Gasteiger partial charge is 0.327 e. The fourth-order valence-corrected chi connectivity index (χ4v) is 2.07. The molecule has 0 saturated carbocycles. The molecule has 0 amide bonds. The van der Waals surface area contributed by atoms with E-state index in [4.69, 9.17) is 5.73 Å². The standard InChI is InChI=1S/C10H23N3/c1-12-6-3-4-10(11)9-5-7-13(2)8-9/h9-10,12H,3-8,11H2,1-2H3. The second-order valence-corrected chi connectivity index (χ2v) is 4.22. The highest BCUT2D eigenvalue weighted by Gasteiger charge is 2.24. The van der Waals surface area contributed by atoms with E-state index in [9.17, 15) is 0 Å². The van der Waals surface area contributed by atoms with Gasteiger partial charge >= 0.3 is 0 Å². The molecular formula is C10H23N3. The van der Waals surface area contributed by atoms with E-state index < -0.39 is 0 Å². The summed E-state index contributed by atoms with van der Waals surface area (Å²) in [6.45, 7) is 3.52. The third-order valence-electron chi connectivity index (χ3n) is 3.00. The molecule has 0 spiro atoms. The molecule has 0 aromatic carbocycles. The van der Waals surface area contributed by atoms with Crippen LogP contribution in [0.4, 0.5) is 0 Å². The summed E-state index contributed by atoms with van der Waals surface area (Å²) < 4.78 is 0. The molecule has 1 fully saturated rings. The van der Waals surface area contributed by atoms with E-state index in [0.29, 0.717) is 6.04 Å². The zero-order valence-electron chi connectivity index (χ0n) is 8.92. The molecule has 3 N–H and O–H groups in total. The van der Waals surface area contributed by atoms with Crippen LogP contribution < -0.4 is 11.1 Å². The third kappa shape index (κ3) is 3.63. The number of nitrogens with two attached hydrogens (primary N) is 1. The molecule has 2 unspecified atom stereocenters. The normalized spacial score (nSPS) is 26.5. The Balaban J connectivity index is 2.12. The predicted octanol–water partition coefficient (Wildman–Crippen LogP) is 0.265. The van der Waals surface area contributed by atoms with E-state index in [1.165, 1.54) is 32.4 Å². The summed E-state index contributed by atoms with van der Waals surface area (Å²) in [6, 6.07) is 0.415. The van der Waals surface area contributed by atoms with Gasteiger partial charge < -0.3 is 16.0 Å². The van der Waals surface area contributed by atoms with Crippen molar-refractivity contribution in [3.05, 3.63) is 0 Å². The van der Waals surface area contributed by atoms with E-state index >= 15 is 0 Å². The second-order valence-electron chi connectivity index (χ2n) is 4.22. The minimum absolute atomic E-state index is 0.415. The number of hydrogen-bond donors (Lipinski definition) is 2. The second kappa shape index (κ2) is 5.58. The SMILES string of the molecule is CNCCCC(N)C1CCN(C)C1. The fraction of sp³-hybridized carbons (Fsp3) is 1.00. The zero-order chi connectivity index (χ0) is 9.68. The molecule has 2 atom stereocenters. The molecule has 1 rings (SSSR count). The van der Waals surface area contributed by atoms with E-state index in [1.807, 2.05) is 7.05 Å². The van der Waals surface area contributed by atoms with Gasteiger partial charge in [0.25, 0.3) is 0 Å². The Labute approximate surface area is 81.7 Å². The highest BCUT2D eigenvalue weighted by Crippen LogP contribution is 2.19. The maximum Gasteiger partial charge on any atom is 0.00803 e. The zero-order valence-corrected chi connectivity index (χ0v) is 8.92. The van der Waals surface area contributed by atoms with Crippen LogP contribution >= 0.6 is 0 Å². The molecular weight excluding hydrogens is 162 g/mol. The summed E-state index contributed by atoms with van der Waals surface area (Å²) in [4.78, 5) is 2.38. The van der Waals surface area contributed by atoms with E-state index in [1.54, 1.807) is 0 Å². The monoisotopic (exact) mass is 185 g/mol. The first-order valence-electron chi connectivity index (χ1n) is 5.32. The third-order valence-corrected chi connectivity index (χ3v) is 3.00. The first-order valence-corrected chi connectivity index (χ1v) is 5.32. The van der Waals surface area contributed by atoms with Gasteiger partial charge in [-0.2, -0.15) is 0 Å². The number of hydrogen-bond acceptors (Lipinski definition) is 3. The molecule has 1 heterocycles. The summed E-state index contributed by atoms with van der Waals surface area (Å²) >= 11 is 0. The van der Waals surface area contributed by atoms with Crippen LogP contribution in [0.3, 0.4) is 0 Å². The van der Waals surface area contributed by atoms with Crippen LogP contribution in [-0.4, -0.2) is 44.7 Å². The average molecular weight is 185 g/mol. The van der Waals surface area contributed by atoms with Gasteiger partial charge in [0.15, 0.2) is 0 Å². The molecule has 1 saturated heterocycles. The maximum atomic E-state index is 6.13. The van der Waals surface area contributed by atoms with Crippen LogP contribution in [0.5, 0.6) is 0 Å². The van der Waals surface area contributed by atoms with Crippen LogP contribution in [0.1, 0.15) is 19.3 Å². The van der Waals surface area contributed by atoms with Crippen LogP contribution in [0.2, 0.25) is 0 Å². The van der Waals surface area contributed by atoms with Gasteiger partial charge in [-0.05, 0) is 52.4 Å². The van der Waals surface area contributed by atoms with Gasteiger partial charge in [-0.3, -0.25) is 0 Å². The van der Waals surface area contributed by atoms with Crippen molar-refractivity contribution in [3.8, 4) is 0 Å². The maximum absolute atomic E-state index is 6.13. The van der Waals surface area contributed by atoms with Crippen molar-refractivity contribution in [2.45, 2.75) is 25.3 Å². The van der Waals surface area contributed by atoms with Gasteiger partial charge in [0, 0.05) is 12.6 Å². The average Bonchev–Trinajstić information content (AvgIpc) is 2.52. The van der Waals surface area contributed by atoms with E-state index in [0.717, 1.165) is 12.5 Å². The summed E-state index contributed by atoms with van der Waals surface area (Å²) in [6.07, 6.45) is 3.66. The Hall–Kier alpha value is -0.120. The lowest BCUT2D eigenvalue weighted by atomic mass is 9.96. The smallest absolute Gasteiger partial charge is 0.00803 e. The molecule has 1 aliphatic heterocycles. The highest BCUT2D eigenvalue weighted by atomic mass is 15.1. The van der Waals surface area contributed by atoms with Crippen molar-refractivity contribution in [2.75, 3.05) is 33.7 Å². The lowest BCUT2D eigenvalue weighted by Gasteiger charge is -2.18. The minimum atomic E-state index is 0.415. The summed E-state index contributed by atoms with van der Waals surface area (Å²) in [7, 11) is 4.18. The van der Waals surface area contributed by atoms with Crippen molar-refractivity contribution >= 4 is 0 Å². The van der Waals surface area contributed by atoms with Gasteiger partial charge in [-0.15, -0.1) is 0 Å². The minimum Gasteiger partial charge on any atom is -0.327 e. The number of rotatable bonds is 5. The summed E-state index contributed by atoms with van der Waals surface area (Å²) in [5.41, 5.74) is 6.13. The van der Waals surface area contributed by atoms with Crippen molar-refractivity contribution in [3.63, 3.8) is 0 Å².